The topological polar surface area (TPSA) is 100 Å². The number of hydrogen-bond acceptors (Lipinski definition) is 5. The molecule has 2 N–H and O–H groups in total. The maximum atomic E-state index is 15.2. The zero-order valence-electron chi connectivity index (χ0n) is 16.5. The van der Waals surface area contributed by atoms with E-state index in [0.717, 1.165) is 0 Å². The maximum absolute atomic E-state index is 15.2. The molecule has 11 heteroatoms. The summed E-state index contributed by atoms with van der Waals surface area (Å²) < 4.78 is 31.3. The van der Waals surface area contributed by atoms with Gasteiger partial charge in [0.25, 0.3) is 0 Å². The molecule has 160 valence electrons. The Morgan fingerprint density at radius 1 is 1.47 bits per heavy atom. The molecular formula is C21H14ClF2N7O. The van der Waals surface area contributed by atoms with Gasteiger partial charge in [-0.15, -0.1) is 0 Å². The van der Waals surface area contributed by atoms with Crippen molar-refractivity contribution in [1.82, 2.24) is 19.4 Å². The van der Waals surface area contributed by atoms with Gasteiger partial charge in [-0.1, -0.05) is 11.6 Å². The summed E-state index contributed by atoms with van der Waals surface area (Å²) in [5.74, 6) is -1.39. The van der Waals surface area contributed by atoms with Gasteiger partial charge in [0.15, 0.2) is 11.6 Å². The van der Waals surface area contributed by atoms with Crippen molar-refractivity contribution in [3.63, 3.8) is 0 Å². The minimum absolute atomic E-state index is 0.0955. The number of halogens is 3. The molecule has 3 atom stereocenters. The molecule has 1 unspecified atom stereocenters. The fraction of sp³-hybridized carbons (Fsp3) is 0.238. The summed E-state index contributed by atoms with van der Waals surface area (Å²) in [5.41, 5.74) is 1.04. The number of hydrogen-bond donors (Lipinski definition) is 2. The summed E-state index contributed by atoms with van der Waals surface area (Å²) in [6, 6.07) is 7.22. The van der Waals surface area contributed by atoms with Gasteiger partial charge in [0.2, 0.25) is 11.6 Å². The number of amides is 1. The second-order valence-corrected chi connectivity index (χ2v) is 8.55. The third-order valence-electron chi connectivity index (χ3n) is 5.97. The lowest BCUT2D eigenvalue weighted by Crippen LogP contribution is -2.33. The fourth-order valence-electron chi connectivity index (χ4n) is 4.19. The van der Waals surface area contributed by atoms with Gasteiger partial charge in [-0.3, -0.25) is 4.79 Å². The van der Waals surface area contributed by atoms with Gasteiger partial charge in [0.05, 0.1) is 28.2 Å². The summed E-state index contributed by atoms with van der Waals surface area (Å²) in [7, 11) is 0. The Morgan fingerprint density at radius 3 is 2.97 bits per heavy atom. The third-order valence-corrected chi connectivity index (χ3v) is 6.32. The summed E-state index contributed by atoms with van der Waals surface area (Å²) >= 11 is 6.44. The highest BCUT2D eigenvalue weighted by atomic mass is 35.5. The van der Waals surface area contributed by atoms with Crippen LogP contribution in [0.2, 0.25) is 5.02 Å². The molecule has 0 saturated heterocycles. The average molecular weight is 454 g/mol. The Labute approximate surface area is 184 Å². The predicted molar refractivity (Wildman–Crippen MR) is 113 cm³/mol. The van der Waals surface area contributed by atoms with Crippen LogP contribution in [0.3, 0.4) is 0 Å². The molecule has 0 radical (unpaired) electrons. The van der Waals surface area contributed by atoms with Gasteiger partial charge < -0.3 is 10.6 Å². The number of alkyl halides is 1. The zero-order valence-corrected chi connectivity index (χ0v) is 17.3. The second kappa shape index (κ2) is 6.17. The normalized spacial score (nSPS) is 23.3. The van der Waals surface area contributed by atoms with Crippen LogP contribution in [0.25, 0.3) is 27.5 Å². The number of carbonyl (C=O) groups excluding carboxylic acids is 1. The summed E-state index contributed by atoms with van der Waals surface area (Å²) in [6.07, 6.45) is 2.35. The summed E-state index contributed by atoms with van der Waals surface area (Å²) in [6.45, 7) is 1.60. The van der Waals surface area contributed by atoms with Gasteiger partial charge in [0.1, 0.15) is 17.9 Å². The van der Waals surface area contributed by atoms with Crippen molar-refractivity contribution in [2.24, 2.45) is 5.92 Å². The van der Waals surface area contributed by atoms with Crippen LogP contribution < -0.4 is 10.6 Å². The van der Waals surface area contributed by atoms with E-state index in [1.165, 1.54) is 4.68 Å². The first kappa shape index (κ1) is 19.0. The first-order valence-electron chi connectivity index (χ1n) is 9.84. The molecule has 2 aliphatic rings. The average Bonchev–Trinajstić information content (AvgIpc) is 3.10. The van der Waals surface area contributed by atoms with Crippen LogP contribution in [0, 0.1) is 23.1 Å². The van der Waals surface area contributed by atoms with E-state index in [9.17, 15) is 14.4 Å². The zero-order chi connectivity index (χ0) is 22.4. The lowest BCUT2D eigenvalue weighted by Gasteiger charge is -2.17. The second-order valence-electron chi connectivity index (χ2n) is 8.17. The quantitative estimate of drug-likeness (QED) is 0.487. The van der Waals surface area contributed by atoms with Crippen LogP contribution in [0.15, 0.2) is 30.6 Å². The Kier molecular flexibility index (Phi) is 3.67. The molecular weight excluding hydrogens is 440 g/mol. The van der Waals surface area contributed by atoms with Crippen molar-refractivity contribution in [2.75, 3.05) is 10.6 Å². The minimum atomic E-state index is -1.23. The van der Waals surface area contributed by atoms with E-state index in [4.69, 9.17) is 11.6 Å². The molecule has 1 amide bonds. The lowest BCUT2D eigenvalue weighted by atomic mass is 10.0. The van der Waals surface area contributed by atoms with Crippen molar-refractivity contribution in [3.05, 3.63) is 41.4 Å². The van der Waals surface area contributed by atoms with E-state index in [0.29, 0.717) is 33.4 Å². The maximum Gasteiger partial charge on any atom is 0.231 e. The molecule has 1 aromatic carbocycles. The monoisotopic (exact) mass is 453 g/mol. The van der Waals surface area contributed by atoms with E-state index in [-0.39, 0.29) is 17.1 Å². The standard InChI is InChI=1S/C21H14ClF2N7O/c1-21(8-25)28-18-17(24)16(22)15(12-7-26-31(21)19(12)18)9-2-3-30-10(4-9)5-14(29-30)27-20(32)11-6-13(11)23/h2-5,7,11,13,28H,6H2,1H3,(H,27,29,32)/t11-,13+,21?/m1/s1. The van der Waals surface area contributed by atoms with Gasteiger partial charge >= 0.3 is 0 Å². The Morgan fingerprint density at radius 2 is 2.25 bits per heavy atom. The first-order chi connectivity index (χ1) is 15.3. The van der Waals surface area contributed by atoms with Crippen LogP contribution in [0.1, 0.15) is 13.3 Å². The molecule has 1 aliphatic carbocycles. The first-order valence-corrected chi connectivity index (χ1v) is 10.2. The molecule has 0 bridgehead atoms. The SMILES string of the molecule is CC1(C#N)Nc2c(F)c(Cl)c(-c3ccn4nc(NC(=O)[C@@H]5C[C@@H]5F)cc4c3)c3cnn1c23. The fourth-order valence-corrected chi connectivity index (χ4v) is 4.49. The van der Waals surface area contributed by atoms with Crippen LogP contribution in [-0.4, -0.2) is 31.5 Å². The van der Waals surface area contributed by atoms with Gasteiger partial charge in [0, 0.05) is 23.2 Å². The molecule has 1 saturated carbocycles. The highest BCUT2D eigenvalue weighted by Gasteiger charge is 2.44. The van der Waals surface area contributed by atoms with Crippen LogP contribution in [0.5, 0.6) is 0 Å². The Bertz CT molecular complexity index is 1520. The number of carbonyl (C=O) groups is 1. The third kappa shape index (κ3) is 2.48. The van der Waals surface area contributed by atoms with Gasteiger partial charge in [-0.05, 0) is 31.0 Å². The summed E-state index contributed by atoms with van der Waals surface area (Å²) in [5, 5.41) is 24.1. The van der Waals surface area contributed by atoms with E-state index >= 15 is 4.39 Å². The predicted octanol–water partition coefficient (Wildman–Crippen LogP) is 4.06. The van der Waals surface area contributed by atoms with Crippen molar-refractivity contribution in [2.45, 2.75) is 25.2 Å². The van der Waals surface area contributed by atoms with Gasteiger partial charge in [-0.25, -0.2) is 18.0 Å². The smallest absolute Gasteiger partial charge is 0.231 e. The van der Waals surface area contributed by atoms with E-state index in [1.54, 1.807) is 42.0 Å². The number of fused-ring (bicyclic) bond motifs is 1. The largest absolute Gasteiger partial charge is 0.345 e. The number of benzene rings is 1. The van der Waals surface area contributed by atoms with Crippen LogP contribution in [-0.2, 0) is 10.5 Å². The number of aromatic nitrogens is 4. The molecule has 32 heavy (non-hydrogen) atoms. The number of rotatable bonds is 3. The molecule has 0 spiro atoms. The molecule has 4 aromatic rings. The van der Waals surface area contributed by atoms with Gasteiger partial charge in [-0.2, -0.15) is 15.5 Å². The van der Waals surface area contributed by atoms with Crippen molar-refractivity contribution < 1.29 is 13.6 Å². The number of nitrogens with one attached hydrogen (secondary N) is 2. The highest BCUT2D eigenvalue weighted by molar-refractivity contribution is 6.36. The Hall–Kier alpha value is -3.71. The lowest BCUT2D eigenvalue weighted by molar-refractivity contribution is -0.117. The molecule has 1 fully saturated rings. The molecule has 6 rings (SSSR count). The van der Waals surface area contributed by atoms with E-state index in [1.807, 2.05) is 0 Å². The number of anilines is 2. The van der Waals surface area contributed by atoms with Crippen molar-refractivity contribution in [3.8, 4) is 17.2 Å². The number of nitrogens with zero attached hydrogens (tertiary/aromatic N) is 5. The summed E-state index contributed by atoms with van der Waals surface area (Å²) in [4.78, 5) is 12.0. The van der Waals surface area contributed by atoms with Crippen molar-refractivity contribution >= 4 is 45.4 Å². The molecule has 3 aromatic heterocycles. The van der Waals surface area contributed by atoms with E-state index in [2.05, 4.69) is 26.9 Å². The van der Waals surface area contributed by atoms with Crippen LogP contribution in [0.4, 0.5) is 20.3 Å². The number of pyridine rings is 1. The molecule has 1 aliphatic heterocycles. The van der Waals surface area contributed by atoms with E-state index < -0.39 is 29.5 Å². The van der Waals surface area contributed by atoms with Crippen LogP contribution >= 0.6 is 11.6 Å². The van der Waals surface area contributed by atoms with Crippen molar-refractivity contribution in [1.29, 1.82) is 5.26 Å². The highest BCUT2D eigenvalue weighted by Crippen LogP contribution is 2.47. The molecule has 4 heterocycles. The minimum Gasteiger partial charge on any atom is -0.345 e. The molecule has 8 nitrogen and oxygen atoms in total. The Balaban J connectivity index is 1.47. The number of nitriles is 1.